The first-order valence-electron chi connectivity index (χ1n) is 14.5. The van der Waals surface area contributed by atoms with Crippen molar-refractivity contribution in [3.05, 3.63) is 131 Å². The smallest absolute Gasteiger partial charge is 0.264 e. The highest BCUT2D eigenvalue weighted by Gasteiger charge is 2.34. The fourth-order valence-electron chi connectivity index (χ4n) is 5.00. The maximum Gasteiger partial charge on any atom is 0.264 e. The number of nitrogens with one attached hydrogen (secondary N) is 1. The molecule has 0 fully saturated rings. The molecule has 0 aromatic heterocycles. The predicted molar refractivity (Wildman–Crippen MR) is 171 cm³/mol. The number of carbonyl (C=O) groups excluding carboxylic acids is 2. The van der Waals surface area contributed by atoms with E-state index in [2.05, 4.69) is 5.32 Å². The van der Waals surface area contributed by atoms with E-state index in [1.807, 2.05) is 87.5 Å². The maximum atomic E-state index is 14.5. The van der Waals surface area contributed by atoms with Crippen LogP contribution < -0.4 is 9.62 Å². The summed E-state index contributed by atoms with van der Waals surface area (Å²) in [4.78, 5) is 29.8. The second kappa shape index (κ2) is 14.6. The van der Waals surface area contributed by atoms with E-state index < -0.39 is 28.5 Å². The summed E-state index contributed by atoms with van der Waals surface area (Å²) in [7, 11) is -4.12. The van der Waals surface area contributed by atoms with Gasteiger partial charge in [-0.1, -0.05) is 103 Å². The van der Waals surface area contributed by atoms with Crippen molar-refractivity contribution < 1.29 is 18.0 Å². The van der Waals surface area contributed by atoms with Crippen molar-refractivity contribution in [2.75, 3.05) is 17.4 Å². The molecule has 0 spiro atoms. The summed E-state index contributed by atoms with van der Waals surface area (Å²) in [6, 6.07) is 31.6. The molecule has 0 saturated heterocycles. The molecule has 4 aromatic rings. The molecule has 43 heavy (non-hydrogen) atoms. The molecule has 4 rings (SSSR count). The second-order valence-electron chi connectivity index (χ2n) is 10.6. The first kappa shape index (κ1) is 31.5. The lowest BCUT2D eigenvalue weighted by Crippen LogP contribution is -2.53. The maximum absolute atomic E-state index is 14.5. The zero-order chi connectivity index (χ0) is 30.8. The summed E-state index contributed by atoms with van der Waals surface area (Å²) >= 11 is 0. The number of amides is 2. The number of sulfonamides is 1. The van der Waals surface area contributed by atoms with E-state index in [4.69, 9.17) is 0 Å². The van der Waals surface area contributed by atoms with Crippen LogP contribution in [0.1, 0.15) is 35.6 Å². The van der Waals surface area contributed by atoms with Gasteiger partial charge in [-0.2, -0.15) is 0 Å². The third kappa shape index (κ3) is 8.11. The number of hydrogen-bond donors (Lipinski definition) is 1. The fraction of sp³-hybridized carbons (Fsp3) is 0.257. The van der Waals surface area contributed by atoms with Crippen LogP contribution in [0.5, 0.6) is 0 Å². The zero-order valence-corrected chi connectivity index (χ0v) is 25.8. The van der Waals surface area contributed by atoms with Gasteiger partial charge in [-0.05, 0) is 55.2 Å². The summed E-state index contributed by atoms with van der Waals surface area (Å²) in [5, 5.41) is 2.97. The molecule has 1 atom stereocenters. The molecule has 0 radical (unpaired) electrons. The van der Waals surface area contributed by atoms with Gasteiger partial charge in [-0.25, -0.2) is 8.42 Å². The third-order valence-electron chi connectivity index (χ3n) is 7.25. The van der Waals surface area contributed by atoms with Crippen molar-refractivity contribution in [1.82, 2.24) is 10.2 Å². The highest BCUT2D eigenvalue weighted by molar-refractivity contribution is 7.92. The number of benzene rings is 4. The molecule has 4 aromatic carbocycles. The summed E-state index contributed by atoms with van der Waals surface area (Å²) in [5.41, 5.74) is 3.89. The van der Waals surface area contributed by atoms with Crippen LogP contribution in [-0.2, 0) is 32.6 Å². The molecule has 0 saturated carbocycles. The fourth-order valence-corrected chi connectivity index (χ4v) is 6.50. The average molecular weight is 598 g/mol. The lowest BCUT2D eigenvalue weighted by molar-refractivity contribution is -0.140. The van der Waals surface area contributed by atoms with Crippen LogP contribution >= 0.6 is 0 Å². The Hall–Kier alpha value is -4.43. The number of para-hydroxylation sites is 1. The van der Waals surface area contributed by atoms with E-state index in [9.17, 15) is 18.0 Å². The minimum atomic E-state index is -4.12. The molecule has 0 bridgehead atoms. The molecular weight excluding hydrogens is 558 g/mol. The molecule has 1 unspecified atom stereocenters. The zero-order valence-electron chi connectivity index (χ0n) is 24.9. The van der Waals surface area contributed by atoms with E-state index in [-0.39, 0.29) is 23.8 Å². The first-order valence-corrected chi connectivity index (χ1v) is 15.9. The van der Waals surface area contributed by atoms with Crippen molar-refractivity contribution in [3.63, 3.8) is 0 Å². The Balaban J connectivity index is 1.80. The molecule has 0 aliphatic rings. The van der Waals surface area contributed by atoms with Gasteiger partial charge in [-0.15, -0.1) is 0 Å². The topological polar surface area (TPSA) is 86.8 Å². The van der Waals surface area contributed by atoms with Crippen LogP contribution in [0.2, 0.25) is 0 Å². The van der Waals surface area contributed by atoms with Gasteiger partial charge < -0.3 is 10.2 Å². The molecule has 2 amide bonds. The van der Waals surface area contributed by atoms with Crippen molar-refractivity contribution in [1.29, 1.82) is 0 Å². The Morgan fingerprint density at radius 3 is 2.07 bits per heavy atom. The third-order valence-corrected chi connectivity index (χ3v) is 9.02. The molecule has 0 heterocycles. The van der Waals surface area contributed by atoms with Gasteiger partial charge in [0.05, 0.1) is 10.6 Å². The van der Waals surface area contributed by atoms with Crippen LogP contribution in [-0.4, -0.2) is 44.3 Å². The molecule has 224 valence electrons. The highest BCUT2D eigenvalue weighted by atomic mass is 32.2. The Bertz CT molecular complexity index is 1630. The first-order chi connectivity index (χ1) is 20.7. The monoisotopic (exact) mass is 597 g/mol. The van der Waals surface area contributed by atoms with Gasteiger partial charge in [0.1, 0.15) is 12.6 Å². The lowest BCUT2D eigenvalue weighted by Gasteiger charge is -2.34. The van der Waals surface area contributed by atoms with Crippen LogP contribution in [0.15, 0.2) is 114 Å². The Labute approximate surface area is 255 Å². The summed E-state index contributed by atoms with van der Waals surface area (Å²) < 4.78 is 29.3. The van der Waals surface area contributed by atoms with Crippen molar-refractivity contribution >= 4 is 27.5 Å². The Morgan fingerprint density at radius 1 is 0.791 bits per heavy atom. The number of hydrogen-bond acceptors (Lipinski definition) is 4. The van der Waals surface area contributed by atoms with Gasteiger partial charge in [0.25, 0.3) is 10.0 Å². The molecule has 0 aliphatic heterocycles. The summed E-state index contributed by atoms with van der Waals surface area (Å²) in [6.45, 7) is 5.89. The van der Waals surface area contributed by atoms with Crippen LogP contribution in [0.25, 0.3) is 0 Å². The molecular formula is C35H39N3O4S. The van der Waals surface area contributed by atoms with Crippen LogP contribution in [0.3, 0.4) is 0 Å². The van der Waals surface area contributed by atoms with Gasteiger partial charge in [0, 0.05) is 19.5 Å². The molecule has 1 N–H and O–H groups in total. The number of anilines is 1. The summed E-state index contributed by atoms with van der Waals surface area (Å²) in [5.74, 6) is -0.753. The molecule has 7 nitrogen and oxygen atoms in total. The average Bonchev–Trinajstić information content (AvgIpc) is 3.01. The van der Waals surface area contributed by atoms with E-state index >= 15 is 0 Å². The Kier molecular flexibility index (Phi) is 10.7. The van der Waals surface area contributed by atoms with E-state index in [1.54, 1.807) is 30.3 Å². The summed E-state index contributed by atoms with van der Waals surface area (Å²) in [6.07, 6.45) is 1.02. The largest absolute Gasteiger partial charge is 0.354 e. The number of aryl methyl sites for hydroxylation is 2. The second-order valence-corrected chi connectivity index (χ2v) is 12.5. The Morgan fingerprint density at radius 2 is 1.42 bits per heavy atom. The van der Waals surface area contributed by atoms with E-state index in [1.165, 1.54) is 17.0 Å². The number of carbonyl (C=O) groups is 2. The minimum Gasteiger partial charge on any atom is -0.354 e. The van der Waals surface area contributed by atoms with Crippen molar-refractivity contribution in [2.24, 2.45) is 0 Å². The SMILES string of the molecule is CCCNC(=O)C(Cc1ccccc1)N(Cc1cccc(C)c1)C(=O)CN(c1ccccc1C)S(=O)(=O)c1ccccc1. The quantitative estimate of drug-likeness (QED) is 0.215. The van der Waals surface area contributed by atoms with Gasteiger partial charge >= 0.3 is 0 Å². The van der Waals surface area contributed by atoms with Crippen LogP contribution in [0.4, 0.5) is 5.69 Å². The minimum absolute atomic E-state index is 0.0813. The number of nitrogens with zero attached hydrogens (tertiary/aromatic N) is 2. The molecule has 0 aliphatic carbocycles. The van der Waals surface area contributed by atoms with Gasteiger partial charge in [-0.3, -0.25) is 13.9 Å². The lowest BCUT2D eigenvalue weighted by atomic mass is 10.0. The number of rotatable bonds is 13. The van der Waals surface area contributed by atoms with Crippen molar-refractivity contribution in [3.8, 4) is 0 Å². The van der Waals surface area contributed by atoms with Gasteiger partial charge in [0.15, 0.2) is 0 Å². The van der Waals surface area contributed by atoms with Crippen molar-refractivity contribution in [2.45, 2.75) is 51.1 Å². The standard InChI is InChI=1S/C35H39N3O4S/c1-4-22-36-35(40)33(24-29-16-7-5-8-17-29)37(25-30-18-13-14-27(2)23-30)34(39)26-38(32-21-12-11-15-28(32)3)43(41,42)31-19-9-6-10-20-31/h5-21,23,33H,4,22,24-26H2,1-3H3,(H,36,40). The van der Waals surface area contributed by atoms with E-state index in [0.717, 1.165) is 27.4 Å². The molecule has 8 heteroatoms. The predicted octanol–water partition coefficient (Wildman–Crippen LogP) is 5.67. The normalized spacial score (nSPS) is 11.9. The van der Waals surface area contributed by atoms with Crippen LogP contribution in [0, 0.1) is 13.8 Å². The van der Waals surface area contributed by atoms with E-state index in [0.29, 0.717) is 17.8 Å². The van der Waals surface area contributed by atoms with Gasteiger partial charge in [0.2, 0.25) is 11.8 Å². The highest BCUT2D eigenvalue weighted by Crippen LogP contribution is 2.27.